The lowest BCUT2D eigenvalue weighted by Crippen LogP contribution is -2.16. The quantitative estimate of drug-likeness (QED) is 0.496. The van der Waals surface area contributed by atoms with E-state index in [2.05, 4.69) is 15.9 Å². The highest BCUT2D eigenvalue weighted by Crippen LogP contribution is 2.21. The topological polar surface area (TPSA) is 54.4 Å². The van der Waals surface area contributed by atoms with Gasteiger partial charge < -0.3 is 5.11 Å². The second-order valence-corrected chi connectivity index (χ2v) is 5.48. The van der Waals surface area contributed by atoms with Gasteiger partial charge >= 0.3 is 5.97 Å². The second kappa shape index (κ2) is 5.07. The molecule has 0 aliphatic heterocycles. The van der Waals surface area contributed by atoms with Crippen molar-refractivity contribution in [1.82, 2.24) is 0 Å². The summed E-state index contributed by atoms with van der Waals surface area (Å²) in [4.78, 5) is 22.3. The number of carboxylic acids is 1. The highest BCUT2D eigenvalue weighted by Gasteiger charge is 2.21. The molecule has 0 aliphatic rings. The molecule has 0 bridgehead atoms. The molecule has 5 heteroatoms. The number of ketones is 1. The maximum Gasteiger partial charge on any atom is 0.336 e. The van der Waals surface area contributed by atoms with Gasteiger partial charge in [-0.2, -0.15) is 0 Å². The van der Waals surface area contributed by atoms with Crippen molar-refractivity contribution in [2.45, 2.75) is 11.8 Å². The van der Waals surface area contributed by atoms with Crippen molar-refractivity contribution in [2.24, 2.45) is 0 Å². The Balaban J connectivity index is 3.37. The first-order chi connectivity index (χ1) is 6.95. The lowest BCUT2D eigenvalue weighted by molar-refractivity contribution is 0.0692. The third kappa shape index (κ3) is 2.78. The maximum atomic E-state index is 11.8. The number of Topliss-reactive ketones (excluding diaryl/α,β-unsaturated/α-hetero) is 1. The highest BCUT2D eigenvalue weighted by molar-refractivity contribution is 14.1. The monoisotopic (exact) mass is 382 g/mol. The average molecular weight is 383 g/mol. The Kier molecular flexibility index (Phi) is 4.27. The fourth-order valence-electron chi connectivity index (χ4n) is 1.15. The number of carboxylic acid groups (broad SMARTS) is 1. The van der Waals surface area contributed by atoms with Gasteiger partial charge in [0, 0.05) is 9.13 Å². The minimum Gasteiger partial charge on any atom is -0.478 e. The van der Waals surface area contributed by atoms with Crippen LogP contribution in [-0.2, 0) is 0 Å². The van der Waals surface area contributed by atoms with Crippen LogP contribution in [-0.4, -0.2) is 21.7 Å². The van der Waals surface area contributed by atoms with E-state index in [0.717, 1.165) is 0 Å². The van der Waals surface area contributed by atoms with Crippen LogP contribution in [0.1, 0.15) is 27.6 Å². The van der Waals surface area contributed by atoms with E-state index in [9.17, 15) is 9.59 Å². The van der Waals surface area contributed by atoms with Crippen LogP contribution in [0.15, 0.2) is 18.2 Å². The smallest absolute Gasteiger partial charge is 0.336 e. The molecule has 0 heterocycles. The number of hydrogen-bond acceptors (Lipinski definition) is 2. The molecule has 15 heavy (non-hydrogen) atoms. The standard InChI is InChI=1S/C10H8BrIO3/c1-5(11)9(13)8-6(10(14)15)3-2-4-7(8)12/h2-5H,1H3,(H,14,15). The van der Waals surface area contributed by atoms with Crippen LogP contribution < -0.4 is 0 Å². The fourth-order valence-corrected chi connectivity index (χ4v) is 2.14. The van der Waals surface area contributed by atoms with E-state index in [1.165, 1.54) is 6.07 Å². The molecule has 0 saturated heterocycles. The first-order valence-electron chi connectivity index (χ1n) is 4.15. The summed E-state index contributed by atoms with van der Waals surface area (Å²) in [6.45, 7) is 1.68. The van der Waals surface area contributed by atoms with Crippen molar-refractivity contribution in [3.05, 3.63) is 32.9 Å². The Bertz CT molecular complexity index is 415. The Hall–Kier alpha value is -0.430. The second-order valence-electron chi connectivity index (χ2n) is 2.95. The van der Waals surface area contributed by atoms with E-state index >= 15 is 0 Å². The molecule has 1 unspecified atom stereocenters. The van der Waals surface area contributed by atoms with Gasteiger partial charge in [-0.1, -0.05) is 22.0 Å². The molecular weight excluding hydrogens is 375 g/mol. The molecule has 0 aliphatic carbocycles. The van der Waals surface area contributed by atoms with Crippen LogP contribution in [0.5, 0.6) is 0 Å². The summed E-state index contributed by atoms with van der Waals surface area (Å²) in [5, 5.41) is 8.95. The van der Waals surface area contributed by atoms with E-state index < -0.39 is 5.97 Å². The third-order valence-corrected chi connectivity index (χ3v) is 3.17. The number of alkyl halides is 1. The number of carbonyl (C=O) groups excluding carboxylic acids is 1. The van der Waals surface area contributed by atoms with Crippen molar-refractivity contribution in [2.75, 3.05) is 0 Å². The van der Waals surface area contributed by atoms with Crippen LogP contribution in [0, 0.1) is 3.57 Å². The van der Waals surface area contributed by atoms with E-state index in [0.29, 0.717) is 3.57 Å². The molecule has 3 nitrogen and oxygen atoms in total. The molecule has 1 aromatic rings. The zero-order chi connectivity index (χ0) is 11.6. The molecule has 80 valence electrons. The predicted molar refractivity (Wildman–Crippen MR) is 68.8 cm³/mol. The first kappa shape index (κ1) is 12.6. The number of rotatable bonds is 3. The van der Waals surface area contributed by atoms with Crippen molar-refractivity contribution in [3.63, 3.8) is 0 Å². The number of carbonyl (C=O) groups is 2. The van der Waals surface area contributed by atoms with Crippen molar-refractivity contribution < 1.29 is 14.7 Å². The molecule has 0 spiro atoms. The average Bonchev–Trinajstić information content (AvgIpc) is 2.16. The number of halogens is 2. The Labute approximate surface area is 109 Å². The molecule has 0 radical (unpaired) electrons. The van der Waals surface area contributed by atoms with Crippen molar-refractivity contribution in [3.8, 4) is 0 Å². The van der Waals surface area contributed by atoms with Crippen molar-refractivity contribution >= 4 is 50.3 Å². The molecule has 1 N–H and O–H groups in total. The van der Waals surface area contributed by atoms with Crippen LogP contribution in [0.25, 0.3) is 0 Å². The lowest BCUT2D eigenvalue weighted by atomic mass is 10.0. The minimum atomic E-state index is -1.08. The lowest BCUT2D eigenvalue weighted by Gasteiger charge is -2.08. The van der Waals surface area contributed by atoms with Crippen molar-refractivity contribution in [1.29, 1.82) is 0 Å². The summed E-state index contributed by atoms with van der Waals surface area (Å²) >= 11 is 5.11. The summed E-state index contributed by atoms with van der Waals surface area (Å²) in [5.41, 5.74) is 0.327. The molecule has 1 atom stereocenters. The van der Waals surface area contributed by atoms with Gasteiger partial charge in [0.05, 0.1) is 10.4 Å². The maximum absolute atomic E-state index is 11.8. The van der Waals surface area contributed by atoms with Gasteiger partial charge in [-0.15, -0.1) is 0 Å². The highest BCUT2D eigenvalue weighted by atomic mass is 127. The van der Waals surface area contributed by atoms with Gasteiger partial charge in [-0.25, -0.2) is 4.79 Å². The van der Waals surface area contributed by atoms with Gasteiger partial charge in [0.15, 0.2) is 5.78 Å². The van der Waals surface area contributed by atoms with Crippen LogP contribution in [0.2, 0.25) is 0 Å². The van der Waals surface area contributed by atoms with E-state index in [4.69, 9.17) is 5.11 Å². The largest absolute Gasteiger partial charge is 0.478 e. The van der Waals surface area contributed by atoms with Gasteiger partial charge in [0.1, 0.15) is 0 Å². The predicted octanol–water partition coefficient (Wildman–Crippen LogP) is 2.96. The SMILES string of the molecule is CC(Br)C(=O)c1c(I)cccc1C(=O)O. The molecule has 1 rings (SSSR count). The summed E-state index contributed by atoms with van der Waals surface area (Å²) in [6.07, 6.45) is 0. The number of benzene rings is 1. The molecular formula is C10H8BrIO3. The zero-order valence-electron chi connectivity index (χ0n) is 7.83. The summed E-state index contributed by atoms with van der Waals surface area (Å²) < 4.78 is 0.656. The number of aromatic carboxylic acids is 1. The first-order valence-corrected chi connectivity index (χ1v) is 6.14. The molecule has 0 aromatic heterocycles. The normalized spacial score (nSPS) is 12.2. The molecule has 0 fully saturated rings. The van der Waals surface area contributed by atoms with E-state index in [-0.39, 0.29) is 21.7 Å². The van der Waals surface area contributed by atoms with Crippen LogP contribution in [0.4, 0.5) is 0 Å². The molecule has 1 aromatic carbocycles. The van der Waals surface area contributed by atoms with Gasteiger partial charge in [0.25, 0.3) is 0 Å². The Morgan fingerprint density at radius 2 is 2.07 bits per heavy atom. The molecule has 0 amide bonds. The zero-order valence-corrected chi connectivity index (χ0v) is 11.6. The fraction of sp³-hybridized carbons (Fsp3) is 0.200. The van der Waals surface area contributed by atoms with Gasteiger partial charge in [-0.05, 0) is 41.6 Å². The van der Waals surface area contributed by atoms with E-state index in [1.807, 2.05) is 22.6 Å². The van der Waals surface area contributed by atoms with Crippen LogP contribution >= 0.6 is 38.5 Å². The van der Waals surface area contributed by atoms with Gasteiger partial charge in [0.2, 0.25) is 0 Å². The Morgan fingerprint density at radius 1 is 1.47 bits per heavy atom. The van der Waals surface area contributed by atoms with Gasteiger partial charge in [-0.3, -0.25) is 4.79 Å². The minimum absolute atomic E-state index is 0.0539. The third-order valence-electron chi connectivity index (χ3n) is 1.85. The summed E-state index contributed by atoms with van der Waals surface area (Å²) in [6, 6.07) is 4.78. The molecule has 0 saturated carbocycles. The Morgan fingerprint density at radius 3 is 2.53 bits per heavy atom. The summed E-state index contributed by atoms with van der Waals surface area (Å²) in [5.74, 6) is -1.29. The number of hydrogen-bond donors (Lipinski definition) is 1. The summed E-state index contributed by atoms with van der Waals surface area (Å²) in [7, 11) is 0. The van der Waals surface area contributed by atoms with E-state index in [1.54, 1.807) is 19.1 Å². The van der Waals surface area contributed by atoms with Crippen LogP contribution in [0.3, 0.4) is 0 Å².